The zero-order chi connectivity index (χ0) is 9.42. The van der Waals surface area contributed by atoms with Gasteiger partial charge in [-0.3, -0.25) is 0 Å². The average molecular weight is 197 g/mol. The number of H-pyrrole nitrogens is 1. The van der Waals surface area contributed by atoms with E-state index in [0.29, 0.717) is 16.1 Å². The second kappa shape index (κ2) is 2.74. The van der Waals surface area contributed by atoms with Crippen molar-refractivity contribution in [3.63, 3.8) is 0 Å². The van der Waals surface area contributed by atoms with E-state index in [1.807, 2.05) is 0 Å². The average Bonchev–Trinajstić information content (AvgIpc) is 2.49. The van der Waals surface area contributed by atoms with Crippen LogP contribution in [0.15, 0.2) is 18.2 Å². The minimum absolute atomic E-state index is 0.0944. The maximum atomic E-state index is 10.5. The van der Waals surface area contributed by atoms with Crippen molar-refractivity contribution in [1.29, 1.82) is 0 Å². The molecule has 1 aromatic carbocycles. The predicted molar refractivity (Wildman–Crippen MR) is 48.1 cm³/mol. The van der Waals surface area contributed by atoms with E-state index >= 15 is 0 Å². The van der Waals surface area contributed by atoms with Gasteiger partial charge in [0.2, 0.25) is 5.82 Å². The van der Waals surface area contributed by atoms with Gasteiger partial charge in [-0.05, 0) is 12.1 Å². The van der Waals surface area contributed by atoms with Gasteiger partial charge in [0.1, 0.15) is 5.52 Å². The Hall–Kier alpha value is -1.55. The summed E-state index contributed by atoms with van der Waals surface area (Å²) in [5.74, 6) is -1.18. The zero-order valence-corrected chi connectivity index (χ0v) is 7.17. The quantitative estimate of drug-likeness (QED) is 0.732. The molecule has 66 valence electrons. The fourth-order valence-electron chi connectivity index (χ4n) is 1.10. The van der Waals surface area contributed by atoms with Crippen LogP contribution in [0.25, 0.3) is 11.0 Å². The third-order valence-electron chi connectivity index (χ3n) is 1.67. The lowest BCUT2D eigenvalue weighted by Crippen LogP contribution is -1.97. The van der Waals surface area contributed by atoms with Crippen LogP contribution in [-0.4, -0.2) is 21.0 Å². The molecule has 0 unspecified atom stereocenters. The number of imidazole rings is 1. The number of fused-ring (bicyclic) bond motifs is 1. The highest BCUT2D eigenvalue weighted by Gasteiger charge is 2.10. The first-order valence-electron chi connectivity index (χ1n) is 3.56. The molecule has 0 amide bonds. The summed E-state index contributed by atoms with van der Waals surface area (Å²) in [7, 11) is 0. The van der Waals surface area contributed by atoms with Gasteiger partial charge in [0, 0.05) is 0 Å². The Morgan fingerprint density at radius 1 is 1.54 bits per heavy atom. The number of rotatable bonds is 1. The molecule has 0 saturated carbocycles. The summed E-state index contributed by atoms with van der Waals surface area (Å²) in [5.41, 5.74) is 1.12. The second-order valence-electron chi connectivity index (χ2n) is 2.53. The molecule has 0 aliphatic carbocycles. The Kier molecular flexibility index (Phi) is 1.70. The van der Waals surface area contributed by atoms with Crippen LogP contribution in [0.5, 0.6) is 0 Å². The van der Waals surface area contributed by atoms with Gasteiger partial charge in [0.05, 0.1) is 10.5 Å². The van der Waals surface area contributed by atoms with Gasteiger partial charge in [-0.1, -0.05) is 17.7 Å². The first kappa shape index (κ1) is 8.07. The number of carbonyl (C=O) groups is 1. The molecule has 0 aliphatic rings. The Morgan fingerprint density at radius 2 is 2.31 bits per heavy atom. The fraction of sp³-hybridized carbons (Fsp3) is 0. The number of nitrogens with one attached hydrogen (secondary N) is 1. The third kappa shape index (κ3) is 1.25. The van der Waals surface area contributed by atoms with Crippen LogP contribution in [0.2, 0.25) is 5.02 Å². The smallest absolute Gasteiger partial charge is 0.371 e. The normalized spacial score (nSPS) is 10.5. The lowest BCUT2D eigenvalue weighted by Gasteiger charge is -1.88. The van der Waals surface area contributed by atoms with E-state index in [9.17, 15) is 4.79 Å². The molecule has 0 bridgehead atoms. The van der Waals surface area contributed by atoms with Crippen molar-refractivity contribution in [2.45, 2.75) is 0 Å². The maximum Gasteiger partial charge on any atom is 0.371 e. The molecule has 0 spiro atoms. The zero-order valence-electron chi connectivity index (χ0n) is 6.41. The molecule has 4 nitrogen and oxygen atoms in total. The van der Waals surface area contributed by atoms with Crippen molar-refractivity contribution < 1.29 is 9.90 Å². The number of hydrogen-bond acceptors (Lipinski definition) is 2. The van der Waals surface area contributed by atoms with Gasteiger partial charge >= 0.3 is 5.97 Å². The molecule has 0 radical (unpaired) electrons. The summed E-state index contributed by atoms with van der Waals surface area (Å²) in [5, 5.41) is 9.09. The molecule has 2 N–H and O–H groups in total. The van der Waals surface area contributed by atoms with E-state index in [-0.39, 0.29) is 5.82 Å². The van der Waals surface area contributed by atoms with Crippen LogP contribution in [0, 0.1) is 0 Å². The first-order valence-corrected chi connectivity index (χ1v) is 3.94. The second-order valence-corrected chi connectivity index (χ2v) is 2.93. The minimum atomic E-state index is -1.09. The number of hydrogen-bond donors (Lipinski definition) is 2. The van der Waals surface area contributed by atoms with Crippen molar-refractivity contribution in [3.05, 3.63) is 29.0 Å². The van der Waals surface area contributed by atoms with Gasteiger partial charge in [-0.2, -0.15) is 0 Å². The number of aromatic nitrogens is 2. The molecular weight excluding hydrogens is 192 g/mol. The van der Waals surface area contributed by atoms with Crippen molar-refractivity contribution in [1.82, 2.24) is 9.97 Å². The maximum absolute atomic E-state index is 10.5. The summed E-state index contributed by atoms with van der Waals surface area (Å²) in [6.45, 7) is 0. The Morgan fingerprint density at radius 3 is 2.92 bits per heavy atom. The Balaban J connectivity index is 2.75. The topological polar surface area (TPSA) is 66.0 Å². The van der Waals surface area contributed by atoms with E-state index in [2.05, 4.69) is 9.97 Å². The molecular formula is C8H5ClN2O2. The standard InChI is InChI=1S/C8H5ClN2O2/c9-4-2-1-3-5-6(4)11-7(10-5)8(12)13/h1-3H,(H,10,11)(H,12,13). The van der Waals surface area contributed by atoms with Crippen LogP contribution in [0.3, 0.4) is 0 Å². The SMILES string of the molecule is O=C(O)c1nc2c(Cl)cccc2[nH]1. The summed E-state index contributed by atoms with van der Waals surface area (Å²) in [6.07, 6.45) is 0. The number of aromatic amines is 1. The van der Waals surface area contributed by atoms with Crippen molar-refractivity contribution in [2.24, 2.45) is 0 Å². The summed E-state index contributed by atoms with van der Waals surface area (Å²) < 4.78 is 0. The van der Waals surface area contributed by atoms with Crippen molar-refractivity contribution in [3.8, 4) is 0 Å². The minimum Gasteiger partial charge on any atom is -0.475 e. The number of halogens is 1. The molecule has 5 heteroatoms. The highest BCUT2D eigenvalue weighted by Crippen LogP contribution is 2.20. The number of carboxylic acid groups (broad SMARTS) is 1. The fourth-order valence-corrected chi connectivity index (χ4v) is 1.32. The lowest BCUT2D eigenvalue weighted by molar-refractivity contribution is 0.0685. The van der Waals surface area contributed by atoms with E-state index in [4.69, 9.17) is 16.7 Å². The van der Waals surface area contributed by atoms with E-state index in [0.717, 1.165) is 0 Å². The molecule has 2 rings (SSSR count). The third-order valence-corrected chi connectivity index (χ3v) is 1.97. The van der Waals surface area contributed by atoms with Crippen LogP contribution in [-0.2, 0) is 0 Å². The predicted octanol–water partition coefficient (Wildman–Crippen LogP) is 1.91. The number of aromatic carboxylic acids is 1. The van der Waals surface area contributed by atoms with Gasteiger partial charge in [0.15, 0.2) is 0 Å². The largest absolute Gasteiger partial charge is 0.475 e. The molecule has 1 aromatic heterocycles. The lowest BCUT2D eigenvalue weighted by atomic mass is 10.3. The van der Waals surface area contributed by atoms with E-state index in [1.165, 1.54) is 0 Å². The van der Waals surface area contributed by atoms with Crippen LogP contribution < -0.4 is 0 Å². The number of carboxylic acids is 1. The highest BCUT2D eigenvalue weighted by atomic mass is 35.5. The van der Waals surface area contributed by atoms with Gasteiger partial charge < -0.3 is 10.1 Å². The summed E-state index contributed by atoms with van der Waals surface area (Å²) in [6, 6.07) is 5.12. The number of nitrogens with zero attached hydrogens (tertiary/aromatic N) is 1. The Labute approximate surface area is 78.2 Å². The molecule has 0 saturated heterocycles. The molecule has 0 atom stereocenters. The van der Waals surface area contributed by atoms with Crippen molar-refractivity contribution >= 4 is 28.6 Å². The van der Waals surface area contributed by atoms with Crippen LogP contribution in [0.1, 0.15) is 10.6 Å². The molecule has 1 heterocycles. The summed E-state index contributed by atoms with van der Waals surface area (Å²) >= 11 is 5.80. The Bertz CT molecular complexity index is 478. The van der Waals surface area contributed by atoms with Crippen LogP contribution in [0.4, 0.5) is 0 Å². The summed E-state index contributed by atoms with van der Waals surface area (Å²) in [4.78, 5) is 17.0. The monoisotopic (exact) mass is 196 g/mol. The number of benzene rings is 1. The molecule has 0 aliphatic heterocycles. The molecule has 2 aromatic rings. The van der Waals surface area contributed by atoms with E-state index < -0.39 is 5.97 Å². The first-order chi connectivity index (χ1) is 6.18. The van der Waals surface area contributed by atoms with Gasteiger partial charge in [0.25, 0.3) is 0 Å². The highest BCUT2D eigenvalue weighted by molar-refractivity contribution is 6.35. The van der Waals surface area contributed by atoms with Crippen LogP contribution >= 0.6 is 11.6 Å². The molecule has 13 heavy (non-hydrogen) atoms. The van der Waals surface area contributed by atoms with Crippen molar-refractivity contribution in [2.75, 3.05) is 0 Å². The van der Waals surface area contributed by atoms with Gasteiger partial charge in [-0.15, -0.1) is 0 Å². The van der Waals surface area contributed by atoms with E-state index in [1.54, 1.807) is 18.2 Å². The number of para-hydroxylation sites is 1. The van der Waals surface area contributed by atoms with Gasteiger partial charge in [-0.25, -0.2) is 9.78 Å². The molecule has 0 fully saturated rings.